The van der Waals surface area contributed by atoms with Gasteiger partial charge in [-0.2, -0.15) is 0 Å². The summed E-state index contributed by atoms with van der Waals surface area (Å²) >= 11 is 2.33. The van der Waals surface area contributed by atoms with Gasteiger partial charge in [0.05, 0.1) is 0 Å². The van der Waals surface area contributed by atoms with E-state index in [1.54, 1.807) is 10.8 Å². The second-order valence-corrected chi connectivity index (χ2v) is 6.26. The monoisotopic (exact) mass is 263 g/mol. The van der Waals surface area contributed by atoms with Crippen molar-refractivity contribution in [1.29, 1.82) is 4.61 Å². The quantitative estimate of drug-likeness (QED) is 0.358. The summed E-state index contributed by atoms with van der Waals surface area (Å²) in [4.78, 5) is 0. The van der Waals surface area contributed by atoms with Gasteiger partial charge in [0, 0.05) is 10.2 Å². The predicted octanol–water partition coefficient (Wildman–Crippen LogP) is 2.57. The van der Waals surface area contributed by atoms with Crippen molar-refractivity contribution in [2.45, 2.75) is 6.42 Å². The number of halogens is 1. The molecule has 1 unspecified atom stereocenters. The zero-order valence-electron chi connectivity index (χ0n) is 4.80. The van der Waals surface area contributed by atoms with E-state index in [1.807, 2.05) is 6.26 Å². The van der Waals surface area contributed by atoms with Crippen molar-refractivity contribution < 1.29 is 0 Å². The van der Waals surface area contributed by atoms with Crippen molar-refractivity contribution in [3.63, 3.8) is 0 Å². The second kappa shape index (κ2) is 6.26. The average molecular weight is 263 g/mol. The number of hydrogen-bond acceptors (Lipinski definition) is 2. The van der Waals surface area contributed by atoms with Crippen LogP contribution < -0.4 is 0 Å². The maximum atomic E-state index is 9.01. The lowest BCUT2D eigenvalue weighted by Crippen LogP contribution is -1.76. The zero-order chi connectivity index (χ0) is 6.41. The highest BCUT2D eigenvalue weighted by molar-refractivity contribution is 14.1. The third-order valence-electron chi connectivity index (χ3n) is 0.694. The first kappa shape index (κ1) is 9.14. The molecule has 1 atom stereocenters. The molecule has 0 saturated carbocycles. The number of thiol groups is 1. The Balaban J connectivity index is 3.04. The Morgan fingerprint density at radius 3 is 2.75 bits per heavy atom. The van der Waals surface area contributed by atoms with Gasteiger partial charge in [-0.15, -0.1) is 0 Å². The van der Waals surface area contributed by atoms with Crippen LogP contribution in [0.15, 0.2) is 0 Å². The summed E-state index contributed by atoms with van der Waals surface area (Å²) in [6.45, 7) is 0. The molecular formula is C4H10INS2. The molecule has 0 spiro atoms. The molecule has 0 aliphatic carbocycles. The molecule has 0 amide bonds. The third kappa shape index (κ3) is 5.28. The molecule has 0 aromatic rings. The Bertz CT molecular complexity index is 106. The zero-order valence-corrected chi connectivity index (χ0v) is 8.67. The summed E-state index contributed by atoms with van der Waals surface area (Å²) in [6, 6.07) is 0. The lowest BCUT2D eigenvalue weighted by atomic mass is 10.6. The molecule has 0 radical (unpaired) electrons. The lowest BCUT2D eigenvalue weighted by Gasteiger charge is -1.92. The topological polar surface area (TPSA) is 23.8 Å². The molecule has 8 heavy (non-hydrogen) atoms. The number of nitrogens with zero attached hydrogens (tertiary/aromatic N) is 1. The molecule has 50 valence electrons. The minimum atomic E-state index is -0.672. The standard InChI is InChI=1S/C4H10INS2/c1-7-8(6)4-2-3-5/h8H,2-4H2,1H3. The van der Waals surface area contributed by atoms with Gasteiger partial charge in [0.2, 0.25) is 0 Å². The highest BCUT2D eigenvalue weighted by atomic mass is 127. The van der Waals surface area contributed by atoms with E-state index in [2.05, 4.69) is 22.6 Å². The molecular weight excluding hydrogens is 253 g/mol. The largest absolute Gasteiger partial charge is 0.223 e. The SMILES string of the molecule is CS[SH](#N)CCCI. The van der Waals surface area contributed by atoms with Crippen molar-refractivity contribution in [2.75, 3.05) is 16.4 Å². The Hall–Kier alpha value is 1.14. The van der Waals surface area contributed by atoms with Crippen LogP contribution in [0.5, 0.6) is 0 Å². The summed E-state index contributed by atoms with van der Waals surface area (Å²) < 4.78 is 10.2. The number of rotatable bonds is 2. The van der Waals surface area contributed by atoms with E-state index >= 15 is 0 Å². The van der Waals surface area contributed by atoms with Crippen molar-refractivity contribution in [2.24, 2.45) is 0 Å². The maximum Gasteiger partial charge on any atom is 0.0151 e. The molecule has 0 aromatic heterocycles. The van der Waals surface area contributed by atoms with E-state index in [0.29, 0.717) is 0 Å². The summed E-state index contributed by atoms with van der Waals surface area (Å²) in [5.74, 6) is 0.999. The van der Waals surface area contributed by atoms with Gasteiger partial charge in [-0.3, -0.25) is 0 Å². The third-order valence-corrected chi connectivity index (χ3v) is 4.39. The van der Waals surface area contributed by atoms with Crippen LogP contribution in [0.1, 0.15) is 6.42 Å². The van der Waals surface area contributed by atoms with E-state index in [-0.39, 0.29) is 0 Å². The van der Waals surface area contributed by atoms with E-state index in [0.717, 1.165) is 16.6 Å². The molecule has 0 heterocycles. The minimum Gasteiger partial charge on any atom is -0.223 e. The van der Waals surface area contributed by atoms with E-state index in [4.69, 9.17) is 4.61 Å². The highest BCUT2D eigenvalue weighted by Gasteiger charge is 1.86. The Labute approximate surface area is 70.1 Å². The fraction of sp³-hybridized carbons (Fsp3) is 1.00. The first-order valence-electron chi connectivity index (χ1n) is 2.37. The lowest BCUT2D eigenvalue weighted by molar-refractivity contribution is 1.15. The number of alkyl halides is 1. The fourth-order valence-corrected chi connectivity index (χ4v) is 2.82. The van der Waals surface area contributed by atoms with Gasteiger partial charge < -0.3 is 0 Å². The van der Waals surface area contributed by atoms with Crippen LogP contribution in [0.25, 0.3) is 0 Å². The molecule has 0 bridgehead atoms. The van der Waals surface area contributed by atoms with Crippen LogP contribution in [0, 0.1) is 4.61 Å². The van der Waals surface area contributed by atoms with Crippen LogP contribution in [0.3, 0.4) is 0 Å². The highest BCUT2D eigenvalue weighted by Crippen LogP contribution is 2.23. The van der Waals surface area contributed by atoms with Crippen molar-refractivity contribution in [3.8, 4) is 0 Å². The number of hydrogen-bond donors (Lipinski definition) is 1. The summed E-state index contributed by atoms with van der Waals surface area (Å²) in [5, 5.41) is 0. The Morgan fingerprint density at radius 2 is 2.38 bits per heavy atom. The predicted molar refractivity (Wildman–Crippen MR) is 52.6 cm³/mol. The van der Waals surface area contributed by atoms with Gasteiger partial charge in [0.25, 0.3) is 0 Å². The first-order chi connectivity index (χ1) is 3.81. The van der Waals surface area contributed by atoms with Gasteiger partial charge in [0.15, 0.2) is 0 Å². The van der Waals surface area contributed by atoms with Crippen molar-refractivity contribution in [1.82, 2.24) is 0 Å². The van der Waals surface area contributed by atoms with E-state index < -0.39 is 9.56 Å². The molecule has 0 aliphatic rings. The normalized spacial score (nSPS) is 13.6. The summed E-state index contributed by atoms with van der Waals surface area (Å²) in [7, 11) is 0.909. The minimum absolute atomic E-state index is 0.672. The van der Waals surface area contributed by atoms with Gasteiger partial charge in [-0.05, 0) is 22.2 Å². The second-order valence-electron chi connectivity index (χ2n) is 1.30. The summed E-state index contributed by atoms with van der Waals surface area (Å²) in [5.41, 5.74) is 0. The molecule has 0 aliphatic heterocycles. The fourth-order valence-electron chi connectivity index (χ4n) is 0.286. The van der Waals surface area contributed by atoms with Crippen LogP contribution in [0.4, 0.5) is 0 Å². The van der Waals surface area contributed by atoms with Crippen LogP contribution in [-0.4, -0.2) is 16.4 Å². The average Bonchev–Trinajstić information content (AvgIpc) is 1.83. The van der Waals surface area contributed by atoms with Crippen molar-refractivity contribution >= 4 is 42.9 Å². The molecule has 0 fully saturated rings. The van der Waals surface area contributed by atoms with E-state index in [9.17, 15) is 0 Å². The van der Waals surface area contributed by atoms with Gasteiger partial charge in [0.1, 0.15) is 0 Å². The molecule has 4 heteroatoms. The van der Waals surface area contributed by atoms with Gasteiger partial charge in [-0.25, -0.2) is 4.61 Å². The van der Waals surface area contributed by atoms with Crippen LogP contribution in [-0.2, 0) is 0 Å². The summed E-state index contributed by atoms with van der Waals surface area (Å²) in [6.07, 6.45) is 3.11. The van der Waals surface area contributed by atoms with Crippen LogP contribution >= 0.6 is 42.9 Å². The molecule has 0 aromatic carbocycles. The smallest absolute Gasteiger partial charge is 0.0151 e. The van der Waals surface area contributed by atoms with Gasteiger partial charge in [-0.1, -0.05) is 33.4 Å². The first-order valence-corrected chi connectivity index (χ1v) is 7.21. The molecule has 1 nitrogen and oxygen atoms in total. The van der Waals surface area contributed by atoms with Crippen LogP contribution in [0.2, 0.25) is 0 Å². The molecule has 0 N–H and O–H groups in total. The van der Waals surface area contributed by atoms with E-state index in [1.165, 1.54) is 0 Å². The Kier molecular flexibility index (Phi) is 7.16. The van der Waals surface area contributed by atoms with Gasteiger partial charge >= 0.3 is 0 Å². The van der Waals surface area contributed by atoms with Crippen molar-refractivity contribution in [3.05, 3.63) is 0 Å². The maximum absolute atomic E-state index is 9.01. The molecule has 0 rings (SSSR count). The Morgan fingerprint density at radius 1 is 1.75 bits per heavy atom. The molecule has 0 saturated heterocycles.